The Hall–Kier alpha value is -1.27. The van der Waals surface area contributed by atoms with Crippen molar-refractivity contribution in [2.75, 3.05) is 13.2 Å². The maximum absolute atomic E-state index is 12.0. The average molecular weight is 277 g/mol. The van der Waals surface area contributed by atoms with Crippen LogP contribution in [0.3, 0.4) is 0 Å². The Balaban J connectivity index is 2.48. The maximum atomic E-state index is 12.0. The quantitative estimate of drug-likeness (QED) is 0.839. The van der Waals surface area contributed by atoms with E-state index in [0.29, 0.717) is 13.1 Å². The van der Waals surface area contributed by atoms with Crippen molar-refractivity contribution in [3.05, 3.63) is 29.8 Å². The maximum Gasteiger partial charge on any atom is 0.422 e. The van der Waals surface area contributed by atoms with Gasteiger partial charge in [0.2, 0.25) is 0 Å². The first-order valence-electron chi connectivity index (χ1n) is 5.87. The van der Waals surface area contributed by atoms with Crippen molar-refractivity contribution in [3.63, 3.8) is 0 Å². The molecule has 1 rings (SSSR count). The highest BCUT2D eigenvalue weighted by molar-refractivity contribution is 5.28. The van der Waals surface area contributed by atoms with Crippen LogP contribution in [0.1, 0.15) is 19.4 Å². The zero-order valence-electron chi connectivity index (χ0n) is 10.9. The highest BCUT2D eigenvalue weighted by atomic mass is 19.4. The Kier molecular flexibility index (Phi) is 5.20. The van der Waals surface area contributed by atoms with Gasteiger partial charge >= 0.3 is 6.18 Å². The molecule has 0 heterocycles. The van der Waals surface area contributed by atoms with E-state index in [-0.39, 0.29) is 5.75 Å². The molecule has 6 heteroatoms. The summed E-state index contributed by atoms with van der Waals surface area (Å²) in [6, 6.07) is 6.43. The largest absolute Gasteiger partial charge is 0.484 e. The van der Waals surface area contributed by atoms with Crippen LogP contribution in [0.2, 0.25) is 0 Å². The zero-order valence-corrected chi connectivity index (χ0v) is 10.9. The van der Waals surface area contributed by atoms with Gasteiger partial charge in [-0.05, 0) is 31.5 Å². The average Bonchev–Trinajstić information content (AvgIpc) is 2.24. The highest BCUT2D eigenvalue weighted by Crippen LogP contribution is 2.19. The number of nitrogens with one attached hydrogen (secondary N) is 1. The van der Waals surface area contributed by atoms with Crippen LogP contribution in [0.5, 0.6) is 5.75 Å². The fourth-order valence-corrected chi connectivity index (χ4v) is 1.42. The van der Waals surface area contributed by atoms with E-state index >= 15 is 0 Å². The molecule has 1 aromatic carbocycles. The van der Waals surface area contributed by atoms with Crippen molar-refractivity contribution in [1.29, 1.82) is 0 Å². The van der Waals surface area contributed by atoms with Crippen LogP contribution in [-0.4, -0.2) is 30.0 Å². The Morgan fingerprint density at radius 1 is 1.26 bits per heavy atom. The van der Waals surface area contributed by atoms with Crippen LogP contribution in [0.15, 0.2) is 24.3 Å². The van der Waals surface area contributed by atoms with Gasteiger partial charge in [0.15, 0.2) is 6.61 Å². The standard InChI is InChI=1S/C13H18F3NO2/c1-12(2,18)8-17-7-10-4-3-5-11(6-10)19-9-13(14,15)16/h3-6,17-18H,7-9H2,1-2H3. The summed E-state index contributed by atoms with van der Waals surface area (Å²) in [7, 11) is 0. The summed E-state index contributed by atoms with van der Waals surface area (Å²) >= 11 is 0. The third-order valence-electron chi connectivity index (χ3n) is 2.19. The normalized spacial score (nSPS) is 12.5. The smallest absolute Gasteiger partial charge is 0.422 e. The number of alkyl halides is 3. The molecular weight excluding hydrogens is 259 g/mol. The highest BCUT2D eigenvalue weighted by Gasteiger charge is 2.28. The zero-order chi connectivity index (χ0) is 14.5. The molecular formula is C13H18F3NO2. The summed E-state index contributed by atoms with van der Waals surface area (Å²) in [6.07, 6.45) is -4.34. The predicted octanol–water partition coefficient (Wildman–Crippen LogP) is 2.49. The number of hydrogen-bond acceptors (Lipinski definition) is 3. The number of aliphatic hydroxyl groups is 1. The first-order chi connectivity index (χ1) is 8.66. The van der Waals surface area contributed by atoms with Gasteiger partial charge in [-0.2, -0.15) is 13.2 Å². The Bertz CT molecular complexity index is 400. The predicted molar refractivity (Wildman–Crippen MR) is 66.0 cm³/mol. The van der Waals surface area contributed by atoms with Crippen LogP contribution in [0, 0.1) is 0 Å². The van der Waals surface area contributed by atoms with Crippen molar-refractivity contribution in [3.8, 4) is 5.75 Å². The van der Waals surface area contributed by atoms with Crippen LogP contribution < -0.4 is 10.1 Å². The third kappa shape index (κ3) is 7.69. The number of ether oxygens (including phenoxy) is 1. The molecule has 1 aromatic rings. The van der Waals surface area contributed by atoms with E-state index < -0.39 is 18.4 Å². The van der Waals surface area contributed by atoms with Crippen molar-refractivity contribution in [2.24, 2.45) is 0 Å². The Morgan fingerprint density at radius 3 is 2.53 bits per heavy atom. The molecule has 0 aliphatic rings. The molecule has 108 valence electrons. The summed E-state index contributed by atoms with van der Waals surface area (Å²) in [6.45, 7) is 2.88. The summed E-state index contributed by atoms with van der Waals surface area (Å²) in [4.78, 5) is 0. The summed E-state index contributed by atoms with van der Waals surface area (Å²) in [5, 5.41) is 12.5. The topological polar surface area (TPSA) is 41.5 Å². The number of rotatable bonds is 6. The third-order valence-corrected chi connectivity index (χ3v) is 2.19. The second kappa shape index (κ2) is 6.25. The summed E-state index contributed by atoms with van der Waals surface area (Å²) in [5.41, 5.74) is -0.0337. The molecule has 0 aliphatic carbocycles. The Labute approximate surface area is 110 Å². The lowest BCUT2D eigenvalue weighted by atomic mass is 10.1. The molecule has 0 unspecified atom stereocenters. The summed E-state index contributed by atoms with van der Waals surface area (Å²) in [5.74, 6) is 0.180. The fraction of sp³-hybridized carbons (Fsp3) is 0.538. The second-order valence-corrected chi connectivity index (χ2v) is 4.97. The molecule has 0 aliphatic heterocycles. The fourth-order valence-electron chi connectivity index (χ4n) is 1.42. The van der Waals surface area contributed by atoms with Gasteiger partial charge in [0, 0.05) is 13.1 Å². The molecule has 3 nitrogen and oxygen atoms in total. The van der Waals surface area contributed by atoms with Crippen molar-refractivity contribution >= 4 is 0 Å². The SMILES string of the molecule is CC(C)(O)CNCc1cccc(OCC(F)(F)F)c1. The van der Waals surface area contributed by atoms with E-state index in [1.807, 2.05) is 0 Å². The summed E-state index contributed by atoms with van der Waals surface area (Å²) < 4.78 is 40.7. The van der Waals surface area contributed by atoms with Gasteiger partial charge in [-0.25, -0.2) is 0 Å². The van der Waals surface area contributed by atoms with E-state index in [9.17, 15) is 18.3 Å². The molecule has 0 spiro atoms. The molecule has 0 amide bonds. The number of halogens is 3. The van der Waals surface area contributed by atoms with E-state index in [1.54, 1.807) is 32.0 Å². The van der Waals surface area contributed by atoms with Gasteiger partial charge < -0.3 is 15.2 Å². The van der Waals surface area contributed by atoms with Crippen molar-refractivity contribution in [1.82, 2.24) is 5.32 Å². The molecule has 0 aromatic heterocycles. The van der Waals surface area contributed by atoms with Gasteiger partial charge in [-0.15, -0.1) is 0 Å². The van der Waals surface area contributed by atoms with E-state index in [1.165, 1.54) is 6.07 Å². The van der Waals surface area contributed by atoms with Crippen LogP contribution in [0.25, 0.3) is 0 Å². The minimum Gasteiger partial charge on any atom is -0.484 e. The lowest BCUT2D eigenvalue weighted by molar-refractivity contribution is -0.153. The number of hydrogen-bond donors (Lipinski definition) is 2. The molecule has 19 heavy (non-hydrogen) atoms. The van der Waals surface area contributed by atoms with Gasteiger partial charge in [-0.1, -0.05) is 12.1 Å². The van der Waals surface area contributed by atoms with Crippen molar-refractivity contribution in [2.45, 2.75) is 32.2 Å². The minimum absolute atomic E-state index is 0.180. The minimum atomic E-state index is -4.34. The monoisotopic (exact) mass is 277 g/mol. The van der Waals surface area contributed by atoms with Crippen LogP contribution in [0.4, 0.5) is 13.2 Å². The lowest BCUT2D eigenvalue weighted by Crippen LogP contribution is -2.34. The van der Waals surface area contributed by atoms with E-state index in [2.05, 4.69) is 10.1 Å². The molecule has 0 fully saturated rings. The van der Waals surface area contributed by atoms with Gasteiger partial charge in [0.1, 0.15) is 5.75 Å². The van der Waals surface area contributed by atoms with E-state index in [0.717, 1.165) is 5.56 Å². The molecule has 0 atom stereocenters. The molecule has 0 bridgehead atoms. The van der Waals surface area contributed by atoms with E-state index in [4.69, 9.17) is 0 Å². The Morgan fingerprint density at radius 2 is 1.95 bits per heavy atom. The molecule has 0 saturated heterocycles. The number of benzene rings is 1. The van der Waals surface area contributed by atoms with Crippen molar-refractivity contribution < 1.29 is 23.0 Å². The second-order valence-electron chi connectivity index (χ2n) is 4.97. The van der Waals surface area contributed by atoms with Gasteiger partial charge in [0.05, 0.1) is 5.60 Å². The van der Waals surface area contributed by atoms with Crippen LogP contribution in [-0.2, 0) is 6.54 Å². The van der Waals surface area contributed by atoms with Gasteiger partial charge in [0.25, 0.3) is 0 Å². The first kappa shape index (κ1) is 15.8. The first-order valence-corrected chi connectivity index (χ1v) is 5.87. The lowest BCUT2D eigenvalue weighted by Gasteiger charge is -2.17. The van der Waals surface area contributed by atoms with Crippen LogP contribution >= 0.6 is 0 Å². The molecule has 2 N–H and O–H groups in total. The van der Waals surface area contributed by atoms with Gasteiger partial charge in [-0.3, -0.25) is 0 Å². The molecule has 0 saturated carbocycles. The molecule has 0 radical (unpaired) electrons.